The number of hydrogen-bond donors (Lipinski definition) is 3. The standard InChI is InChI=1S/C11H16ClIN4O/c1-18-6-2-5-15-11(17-14)16-10-4-3-8(12)7-9(10)13/h3-4,7H,2,5-6,14H2,1H3,(H2,15,16,17). The number of aliphatic imine (C=N–C) groups is 1. The van der Waals surface area contributed by atoms with E-state index in [2.05, 4.69) is 38.3 Å². The second-order valence-electron chi connectivity index (χ2n) is 3.47. The number of nitrogens with one attached hydrogen (secondary N) is 2. The molecule has 0 aromatic heterocycles. The molecule has 0 saturated carbocycles. The van der Waals surface area contributed by atoms with Crippen LogP contribution >= 0.6 is 34.2 Å². The molecule has 4 N–H and O–H groups in total. The number of anilines is 1. The van der Waals surface area contributed by atoms with E-state index in [0.29, 0.717) is 24.1 Å². The number of ether oxygens (including phenoxy) is 1. The summed E-state index contributed by atoms with van der Waals surface area (Å²) in [5.74, 6) is 5.93. The highest BCUT2D eigenvalue weighted by molar-refractivity contribution is 14.1. The van der Waals surface area contributed by atoms with Crippen molar-refractivity contribution in [1.82, 2.24) is 5.43 Å². The van der Waals surface area contributed by atoms with Crippen LogP contribution in [0, 0.1) is 3.57 Å². The fourth-order valence-electron chi connectivity index (χ4n) is 1.24. The molecule has 7 heteroatoms. The van der Waals surface area contributed by atoms with Gasteiger partial charge in [-0.15, -0.1) is 0 Å². The molecule has 18 heavy (non-hydrogen) atoms. The second kappa shape index (κ2) is 8.52. The van der Waals surface area contributed by atoms with Gasteiger partial charge in [0.1, 0.15) is 0 Å². The summed E-state index contributed by atoms with van der Waals surface area (Å²) in [6.07, 6.45) is 0.848. The average molecular weight is 383 g/mol. The molecule has 1 aromatic rings. The Bertz CT molecular complexity index is 414. The van der Waals surface area contributed by atoms with Crippen LogP contribution in [-0.4, -0.2) is 26.2 Å². The van der Waals surface area contributed by atoms with Crippen LogP contribution in [0.25, 0.3) is 0 Å². The summed E-state index contributed by atoms with van der Waals surface area (Å²) in [7, 11) is 1.67. The smallest absolute Gasteiger partial charge is 0.210 e. The lowest BCUT2D eigenvalue weighted by molar-refractivity contribution is 0.197. The van der Waals surface area contributed by atoms with Gasteiger partial charge in [-0.3, -0.25) is 10.4 Å². The summed E-state index contributed by atoms with van der Waals surface area (Å²) in [5.41, 5.74) is 3.44. The van der Waals surface area contributed by atoms with Crippen molar-refractivity contribution in [3.8, 4) is 0 Å². The van der Waals surface area contributed by atoms with Gasteiger partial charge in [0.2, 0.25) is 5.96 Å². The molecule has 1 rings (SSSR count). The number of hydrazine groups is 1. The molecule has 0 spiro atoms. The number of benzene rings is 1. The van der Waals surface area contributed by atoms with Gasteiger partial charge in [0.15, 0.2) is 0 Å². The van der Waals surface area contributed by atoms with Crippen LogP contribution in [0.1, 0.15) is 6.42 Å². The Hall–Kier alpha value is -0.570. The van der Waals surface area contributed by atoms with Gasteiger partial charge < -0.3 is 10.1 Å². The third kappa shape index (κ3) is 5.38. The predicted octanol–water partition coefficient (Wildman–Crippen LogP) is 2.21. The first kappa shape index (κ1) is 15.5. The molecule has 0 aliphatic heterocycles. The molecule has 0 atom stereocenters. The topological polar surface area (TPSA) is 71.7 Å². The molecule has 0 unspecified atom stereocenters. The fourth-order valence-corrected chi connectivity index (χ4v) is 2.25. The first-order valence-electron chi connectivity index (χ1n) is 5.39. The highest BCUT2D eigenvalue weighted by Gasteiger charge is 2.03. The minimum absolute atomic E-state index is 0.520. The van der Waals surface area contributed by atoms with Crippen LogP contribution in [0.2, 0.25) is 5.02 Å². The molecular weight excluding hydrogens is 367 g/mol. The number of nitrogens with zero attached hydrogens (tertiary/aromatic N) is 1. The third-order valence-corrected chi connectivity index (χ3v) is 3.23. The Morgan fingerprint density at radius 1 is 1.56 bits per heavy atom. The van der Waals surface area contributed by atoms with E-state index in [-0.39, 0.29) is 0 Å². The quantitative estimate of drug-likeness (QED) is 0.182. The molecule has 0 fully saturated rings. The molecule has 0 aliphatic carbocycles. The summed E-state index contributed by atoms with van der Waals surface area (Å²) in [5, 5.41) is 3.81. The van der Waals surface area contributed by atoms with Gasteiger partial charge in [-0.25, -0.2) is 5.84 Å². The summed E-state index contributed by atoms with van der Waals surface area (Å²) >= 11 is 8.08. The summed E-state index contributed by atoms with van der Waals surface area (Å²) in [6, 6.07) is 5.56. The van der Waals surface area contributed by atoms with Crippen LogP contribution < -0.4 is 16.6 Å². The first-order valence-corrected chi connectivity index (χ1v) is 6.85. The molecule has 0 aliphatic rings. The van der Waals surface area contributed by atoms with Crippen LogP contribution in [0.15, 0.2) is 23.2 Å². The number of nitrogens with two attached hydrogens (primary N) is 1. The van der Waals surface area contributed by atoms with E-state index in [1.807, 2.05) is 18.2 Å². The van der Waals surface area contributed by atoms with Gasteiger partial charge in [-0.05, 0) is 47.2 Å². The van der Waals surface area contributed by atoms with Gasteiger partial charge in [-0.2, -0.15) is 0 Å². The average Bonchev–Trinajstić information content (AvgIpc) is 2.35. The van der Waals surface area contributed by atoms with Crippen molar-refractivity contribution >= 4 is 45.8 Å². The van der Waals surface area contributed by atoms with Crippen LogP contribution in [0.3, 0.4) is 0 Å². The van der Waals surface area contributed by atoms with Gasteiger partial charge >= 0.3 is 0 Å². The van der Waals surface area contributed by atoms with Crippen molar-refractivity contribution in [3.05, 3.63) is 26.8 Å². The first-order chi connectivity index (χ1) is 8.67. The largest absolute Gasteiger partial charge is 0.385 e. The van der Waals surface area contributed by atoms with E-state index in [1.54, 1.807) is 7.11 Å². The van der Waals surface area contributed by atoms with Crippen molar-refractivity contribution in [2.24, 2.45) is 10.8 Å². The maximum atomic E-state index is 5.89. The minimum atomic E-state index is 0.520. The lowest BCUT2D eigenvalue weighted by Crippen LogP contribution is -2.36. The molecule has 0 amide bonds. The highest BCUT2D eigenvalue weighted by atomic mass is 127. The Labute approximate surface area is 125 Å². The van der Waals surface area contributed by atoms with E-state index in [4.69, 9.17) is 22.2 Å². The Morgan fingerprint density at radius 2 is 2.33 bits per heavy atom. The Balaban J connectivity index is 2.61. The summed E-state index contributed by atoms with van der Waals surface area (Å²) < 4.78 is 5.95. The van der Waals surface area contributed by atoms with Crippen LogP contribution in [-0.2, 0) is 4.74 Å². The summed E-state index contributed by atoms with van der Waals surface area (Å²) in [4.78, 5) is 4.29. The number of halogens is 2. The van der Waals surface area contributed by atoms with E-state index >= 15 is 0 Å². The number of hydrogen-bond acceptors (Lipinski definition) is 3. The molecule has 0 bridgehead atoms. The van der Waals surface area contributed by atoms with Gasteiger partial charge in [0.25, 0.3) is 0 Å². The lowest BCUT2D eigenvalue weighted by Gasteiger charge is -2.11. The third-order valence-electron chi connectivity index (χ3n) is 2.10. The monoisotopic (exact) mass is 382 g/mol. The zero-order valence-corrected chi connectivity index (χ0v) is 13.0. The molecule has 0 radical (unpaired) electrons. The molecule has 100 valence electrons. The van der Waals surface area contributed by atoms with Crippen molar-refractivity contribution in [2.45, 2.75) is 6.42 Å². The minimum Gasteiger partial charge on any atom is -0.385 e. The van der Waals surface area contributed by atoms with Crippen molar-refractivity contribution < 1.29 is 4.74 Å². The van der Waals surface area contributed by atoms with E-state index < -0.39 is 0 Å². The second-order valence-corrected chi connectivity index (χ2v) is 5.07. The maximum absolute atomic E-state index is 5.89. The normalized spacial score (nSPS) is 11.4. The van der Waals surface area contributed by atoms with Crippen LogP contribution in [0.4, 0.5) is 5.69 Å². The molecule has 5 nitrogen and oxygen atoms in total. The van der Waals surface area contributed by atoms with Gasteiger partial charge in [0, 0.05) is 28.9 Å². The van der Waals surface area contributed by atoms with Crippen molar-refractivity contribution in [3.63, 3.8) is 0 Å². The molecule has 0 saturated heterocycles. The zero-order chi connectivity index (χ0) is 13.4. The number of methoxy groups -OCH3 is 1. The number of guanidine groups is 1. The maximum Gasteiger partial charge on any atom is 0.210 e. The molecular formula is C11H16ClIN4O. The summed E-state index contributed by atoms with van der Waals surface area (Å²) in [6.45, 7) is 1.32. The zero-order valence-electron chi connectivity index (χ0n) is 10.0. The Morgan fingerprint density at radius 3 is 2.94 bits per heavy atom. The predicted molar refractivity (Wildman–Crippen MR) is 83.9 cm³/mol. The van der Waals surface area contributed by atoms with Crippen molar-refractivity contribution in [2.75, 3.05) is 25.6 Å². The number of rotatable bonds is 5. The van der Waals surface area contributed by atoms with E-state index in [0.717, 1.165) is 15.7 Å². The van der Waals surface area contributed by atoms with E-state index in [9.17, 15) is 0 Å². The Kier molecular flexibility index (Phi) is 7.33. The van der Waals surface area contributed by atoms with Gasteiger partial charge in [-0.1, -0.05) is 11.6 Å². The van der Waals surface area contributed by atoms with Gasteiger partial charge in [0.05, 0.1) is 5.69 Å². The molecule has 1 aromatic carbocycles. The van der Waals surface area contributed by atoms with Crippen LogP contribution in [0.5, 0.6) is 0 Å². The van der Waals surface area contributed by atoms with E-state index in [1.165, 1.54) is 0 Å². The lowest BCUT2D eigenvalue weighted by atomic mass is 10.3. The fraction of sp³-hybridized carbons (Fsp3) is 0.364. The van der Waals surface area contributed by atoms with Crippen molar-refractivity contribution in [1.29, 1.82) is 0 Å². The highest BCUT2D eigenvalue weighted by Crippen LogP contribution is 2.22. The molecule has 0 heterocycles. The SMILES string of the molecule is COCCCN=C(NN)Nc1ccc(Cl)cc1I.